The predicted octanol–water partition coefficient (Wildman–Crippen LogP) is 4.86. The van der Waals surface area contributed by atoms with E-state index in [4.69, 9.17) is 21.1 Å². The average Bonchev–Trinajstić information content (AvgIpc) is 3.07. The number of halogens is 1. The Morgan fingerprint density at radius 3 is 2.39 bits per heavy atom. The summed E-state index contributed by atoms with van der Waals surface area (Å²) in [7, 11) is -2.47. The summed E-state index contributed by atoms with van der Waals surface area (Å²) >= 11 is 6.21. The van der Waals surface area contributed by atoms with Crippen molar-refractivity contribution in [1.82, 2.24) is 9.29 Å². The number of benzene rings is 2. The summed E-state index contributed by atoms with van der Waals surface area (Å²) in [4.78, 5) is 15.4. The smallest absolute Gasteiger partial charge is 0.355 e. The number of carbonyl (C=O) groups is 1. The van der Waals surface area contributed by atoms with Crippen molar-refractivity contribution in [3.8, 4) is 5.75 Å². The number of aryl methyl sites for hydroxylation is 1. The molecule has 2 aromatic carbocycles. The van der Waals surface area contributed by atoms with Crippen molar-refractivity contribution in [3.05, 3.63) is 81.6 Å². The van der Waals surface area contributed by atoms with Crippen LogP contribution in [0.5, 0.6) is 5.75 Å². The van der Waals surface area contributed by atoms with E-state index < -0.39 is 16.0 Å². The lowest BCUT2D eigenvalue weighted by Crippen LogP contribution is -2.30. The average molecular weight is 491 g/mol. The number of sulfonamides is 1. The zero-order chi connectivity index (χ0) is 24.2. The topological polar surface area (TPSA) is 88.7 Å². The van der Waals surface area contributed by atoms with Gasteiger partial charge in [-0.2, -0.15) is 4.31 Å². The SMILES string of the molecule is CCOC(=O)c1[nH]c(C)c(CN(Cc2ccccc2)S(=O)(=O)c2ccc(OC)c(Cl)c2)c1C. The lowest BCUT2D eigenvalue weighted by atomic mass is 10.1. The van der Waals surface area contributed by atoms with Crippen molar-refractivity contribution in [2.75, 3.05) is 13.7 Å². The number of nitrogens with zero attached hydrogens (tertiary/aromatic N) is 1. The number of ether oxygens (including phenoxy) is 2. The fraction of sp³-hybridized carbons (Fsp3) is 0.292. The van der Waals surface area contributed by atoms with Crippen LogP contribution >= 0.6 is 11.6 Å². The molecule has 3 rings (SSSR count). The summed E-state index contributed by atoms with van der Waals surface area (Å²) in [5.74, 6) is -0.0784. The number of hydrogen-bond donors (Lipinski definition) is 1. The van der Waals surface area contributed by atoms with Gasteiger partial charge in [-0.1, -0.05) is 41.9 Å². The monoisotopic (exact) mass is 490 g/mol. The number of hydrogen-bond acceptors (Lipinski definition) is 5. The Kier molecular flexibility index (Phi) is 7.84. The number of aromatic nitrogens is 1. The van der Waals surface area contributed by atoms with Gasteiger partial charge < -0.3 is 14.5 Å². The third-order valence-corrected chi connectivity index (χ3v) is 7.45. The number of esters is 1. The molecule has 0 aliphatic carbocycles. The number of H-pyrrole nitrogens is 1. The number of rotatable bonds is 9. The van der Waals surface area contributed by atoms with Gasteiger partial charge in [0.2, 0.25) is 10.0 Å². The Bertz CT molecular complexity index is 1240. The van der Waals surface area contributed by atoms with E-state index in [1.807, 2.05) is 37.3 Å². The molecule has 0 amide bonds. The minimum Gasteiger partial charge on any atom is -0.495 e. The molecule has 1 heterocycles. The third kappa shape index (κ3) is 5.40. The molecule has 3 aromatic rings. The molecule has 0 spiro atoms. The molecule has 1 aromatic heterocycles. The van der Waals surface area contributed by atoms with Gasteiger partial charge in [0, 0.05) is 18.8 Å². The van der Waals surface area contributed by atoms with Crippen LogP contribution in [-0.2, 0) is 27.8 Å². The number of carbonyl (C=O) groups excluding carboxylic acids is 1. The van der Waals surface area contributed by atoms with Crippen LogP contribution in [0, 0.1) is 13.8 Å². The first kappa shape index (κ1) is 24.8. The van der Waals surface area contributed by atoms with Gasteiger partial charge in [0.15, 0.2) is 0 Å². The molecule has 0 radical (unpaired) electrons. The number of aromatic amines is 1. The standard InChI is InChI=1S/C24H27ClN2O5S/c1-5-32-24(28)23-16(2)20(17(3)26-23)15-27(14-18-9-7-6-8-10-18)33(29,30)19-11-12-22(31-4)21(25)13-19/h6-13,26H,5,14-15H2,1-4H3. The molecule has 1 N–H and O–H groups in total. The van der Waals surface area contributed by atoms with Crippen LogP contribution in [0.1, 0.15) is 39.8 Å². The lowest BCUT2D eigenvalue weighted by Gasteiger charge is -2.23. The highest BCUT2D eigenvalue weighted by Crippen LogP contribution is 2.31. The predicted molar refractivity (Wildman–Crippen MR) is 127 cm³/mol. The van der Waals surface area contributed by atoms with Crippen molar-refractivity contribution >= 4 is 27.6 Å². The second kappa shape index (κ2) is 10.4. The Hall–Kier alpha value is -2.81. The van der Waals surface area contributed by atoms with E-state index in [2.05, 4.69) is 4.98 Å². The molecule has 9 heteroatoms. The van der Waals surface area contributed by atoms with E-state index in [1.54, 1.807) is 13.8 Å². The molecule has 0 aliphatic heterocycles. The summed E-state index contributed by atoms with van der Waals surface area (Å²) in [6, 6.07) is 13.7. The van der Waals surface area contributed by atoms with Crippen LogP contribution in [0.4, 0.5) is 0 Å². The first-order valence-electron chi connectivity index (χ1n) is 10.4. The van der Waals surface area contributed by atoms with Crippen molar-refractivity contribution in [2.24, 2.45) is 0 Å². The summed E-state index contributed by atoms with van der Waals surface area (Å²) in [6.07, 6.45) is 0. The third-order valence-electron chi connectivity index (χ3n) is 5.37. The van der Waals surface area contributed by atoms with Crippen LogP contribution in [0.15, 0.2) is 53.4 Å². The van der Waals surface area contributed by atoms with E-state index in [1.165, 1.54) is 29.6 Å². The fourth-order valence-electron chi connectivity index (χ4n) is 3.58. The van der Waals surface area contributed by atoms with Crippen LogP contribution in [-0.4, -0.2) is 37.4 Å². The zero-order valence-electron chi connectivity index (χ0n) is 19.0. The Labute approximate surface area is 199 Å². The Morgan fingerprint density at radius 1 is 1.09 bits per heavy atom. The first-order valence-corrected chi connectivity index (χ1v) is 12.2. The van der Waals surface area contributed by atoms with Gasteiger partial charge in [0.25, 0.3) is 0 Å². The molecule has 0 saturated heterocycles. The molecular formula is C24H27ClN2O5S. The number of nitrogens with one attached hydrogen (secondary N) is 1. The van der Waals surface area contributed by atoms with Gasteiger partial charge in [-0.3, -0.25) is 0 Å². The second-order valence-electron chi connectivity index (χ2n) is 7.50. The number of methoxy groups -OCH3 is 1. The van der Waals surface area contributed by atoms with E-state index in [0.717, 1.165) is 11.1 Å². The largest absolute Gasteiger partial charge is 0.495 e. The van der Waals surface area contributed by atoms with Crippen molar-refractivity contribution < 1.29 is 22.7 Å². The second-order valence-corrected chi connectivity index (χ2v) is 9.85. The first-order chi connectivity index (χ1) is 15.7. The van der Waals surface area contributed by atoms with E-state index in [-0.39, 0.29) is 29.6 Å². The van der Waals surface area contributed by atoms with Crippen molar-refractivity contribution in [3.63, 3.8) is 0 Å². The van der Waals surface area contributed by atoms with Gasteiger partial charge in [0.05, 0.1) is 23.6 Å². The van der Waals surface area contributed by atoms with Crippen LogP contribution in [0.2, 0.25) is 5.02 Å². The minimum atomic E-state index is -3.94. The highest BCUT2D eigenvalue weighted by Gasteiger charge is 2.29. The Balaban J connectivity index is 2.04. The minimum absolute atomic E-state index is 0.0562. The highest BCUT2D eigenvalue weighted by molar-refractivity contribution is 7.89. The molecule has 33 heavy (non-hydrogen) atoms. The molecule has 0 fully saturated rings. The normalized spacial score (nSPS) is 11.6. The van der Waals surface area contributed by atoms with Gasteiger partial charge in [0.1, 0.15) is 11.4 Å². The van der Waals surface area contributed by atoms with Gasteiger partial charge in [-0.25, -0.2) is 13.2 Å². The maximum atomic E-state index is 13.7. The van der Waals surface area contributed by atoms with Gasteiger partial charge in [-0.05, 0) is 55.7 Å². The maximum Gasteiger partial charge on any atom is 0.355 e. The zero-order valence-corrected chi connectivity index (χ0v) is 20.6. The van der Waals surface area contributed by atoms with Crippen molar-refractivity contribution in [1.29, 1.82) is 0 Å². The van der Waals surface area contributed by atoms with E-state index in [0.29, 0.717) is 22.7 Å². The van der Waals surface area contributed by atoms with E-state index >= 15 is 0 Å². The Morgan fingerprint density at radius 2 is 1.79 bits per heavy atom. The highest BCUT2D eigenvalue weighted by atomic mass is 35.5. The van der Waals surface area contributed by atoms with Gasteiger partial charge in [-0.15, -0.1) is 0 Å². The van der Waals surface area contributed by atoms with Crippen LogP contribution < -0.4 is 4.74 Å². The van der Waals surface area contributed by atoms with Gasteiger partial charge >= 0.3 is 5.97 Å². The molecule has 0 atom stereocenters. The molecule has 176 valence electrons. The van der Waals surface area contributed by atoms with Crippen LogP contribution in [0.25, 0.3) is 0 Å². The van der Waals surface area contributed by atoms with Crippen LogP contribution in [0.3, 0.4) is 0 Å². The van der Waals surface area contributed by atoms with Crippen molar-refractivity contribution in [2.45, 2.75) is 38.8 Å². The molecule has 0 unspecified atom stereocenters. The molecule has 0 saturated carbocycles. The maximum absolute atomic E-state index is 13.7. The molecular weight excluding hydrogens is 464 g/mol. The summed E-state index contributed by atoms with van der Waals surface area (Å²) in [5, 5.41) is 0.205. The summed E-state index contributed by atoms with van der Waals surface area (Å²) < 4.78 is 39.0. The summed E-state index contributed by atoms with van der Waals surface area (Å²) in [6.45, 7) is 5.78. The molecule has 0 bridgehead atoms. The lowest BCUT2D eigenvalue weighted by molar-refractivity contribution is 0.0519. The molecule has 0 aliphatic rings. The fourth-order valence-corrected chi connectivity index (χ4v) is 5.32. The quantitative estimate of drug-likeness (QED) is 0.432. The van der Waals surface area contributed by atoms with E-state index in [9.17, 15) is 13.2 Å². The molecule has 7 nitrogen and oxygen atoms in total. The summed E-state index contributed by atoms with van der Waals surface area (Å²) in [5.41, 5.74) is 3.24.